The molecule has 15 heavy (non-hydrogen) atoms. The molecule has 0 aliphatic carbocycles. The molecule has 0 amide bonds. The van der Waals surface area contributed by atoms with Crippen LogP contribution in [0, 0.1) is 0 Å². The number of hydrogen-bond donors (Lipinski definition) is 1. The van der Waals surface area contributed by atoms with Gasteiger partial charge < -0.3 is 10.5 Å². The molecule has 0 spiro atoms. The fourth-order valence-electron chi connectivity index (χ4n) is 1.38. The van der Waals surface area contributed by atoms with Crippen LogP contribution in [-0.4, -0.2) is 23.3 Å². The second kappa shape index (κ2) is 3.94. The molecule has 0 saturated carbocycles. The van der Waals surface area contributed by atoms with E-state index in [-0.39, 0.29) is 0 Å². The Hall–Kier alpha value is -1.49. The summed E-state index contributed by atoms with van der Waals surface area (Å²) >= 11 is 1.46. The van der Waals surface area contributed by atoms with Crippen molar-refractivity contribution < 1.29 is 4.74 Å². The Morgan fingerprint density at radius 1 is 1.33 bits per heavy atom. The topological polar surface area (TPSA) is 61.0 Å². The van der Waals surface area contributed by atoms with Crippen molar-refractivity contribution in [1.82, 2.24) is 9.97 Å². The van der Waals surface area contributed by atoms with Gasteiger partial charge in [0.25, 0.3) is 0 Å². The van der Waals surface area contributed by atoms with E-state index in [2.05, 4.69) is 9.97 Å². The van der Waals surface area contributed by atoms with Crippen molar-refractivity contribution in [2.45, 2.75) is 5.16 Å². The van der Waals surface area contributed by atoms with E-state index in [0.717, 1.165) is 16.7 Å². The first kappa shape index (κ1) is 10.0. The number of nitrogen functional groups attached to an aromatic ring is 1. The molecular formula is C10H11N3OS. The number of anilines is 1. The molecule has 0 saturated heterocycles. The summed E-state index contributed by atoms with van der Waals surface area (Å²) in [7, 11) is 1.62. The number of methoxy groups -OCH3 is 1. The van der Waals surface area contributed by atoms with Crippen LogP contribution in [0.4, 0.5) is 5.82 Å². The molecule has 0 unspecified atom stereocenters. The van der Waals surface area contributed by atoms with Gasteiger partial charge in [-0.1, -0.05) is 17.8 Å². The first-order valence-electron chi connectivity index (χ1n) is 4.40. The summed E-state index contributed by atoms with van der Waals surface area (Å²) < 4.78 is 5.23. The highest BCUT2D eigenvalue weighted by Gasteiger charge is 2.08. The minimum atomic E-state index is 0.489. The lowest BCUT2D eigenvalue weighted by molar-refractivity contribution is 0.418. The number of hydrogen-bond acceptors (Lipinski definition) is 5. The monoisotopic (exact) mass is 221 g/mol. The zero-order valence-electron chi connectivity index (χ0n) is 8.52. The molecule has 0 bridgehead atoms. The Labute approximate surface area is 91.9 Å². The van der Waals surface area contributed by atoms with Crippen LogP contribution in [0.1, 0.15) is 0 Å². The van der Waals surface area contributed by atoms with Gasteiger partial charge in [0.2, 0.25) is 0 Å². The molecule has 5 heteroatoms. The van der Waals surface area contributed by atoms with E-state index in [9.17, 15) is 0 Å². The minimum Gasteiger partial charge on any atom is -0.494 e. The maximum Gasteiger partial charge on any atom is 0.189 e. The van der Waals surface area contributed by atoms with Crippen molar-refractivity contribution in [2.24, 2.45) is 0 Å². The van der Waals surface area contributed by atoms with Gasteiger partial charge in [0.1, 0.15) is 17.1 Å². The van der Waals surface area contributed by atoms with Crippen molar-refractivity contribution >= 4 is 28.5 Å². The first-order chi connectivity index (χ1) is 7.26. The standard InChI is InChI=1S/C10H11N3OS/c1-14-7-5-3-4-6-8(7)12-10(15-2)13-9(6)11/h3-5H,1-2H3,(H2,11,12,13). The van der Waals surface area contributed by atoms with E-state index in [4.69, 9.17) is 10.5 Å². The molecule has 0 fully saturated rings. The second-order valence-corrected chi connectivity index (χ2v) is 3.73. The van der Waals surface area contributed by atoms with Crippen LogP contribution in [0.15, 0.2) is 23.4 Å². The number of fused-ring (bicyclic) bond motifs is 1. The summed E-state index contributed by atoms with van der Waals surface area (Å²) in [5.74, 6) is 1.21. The van der Waals surface area contributed by atoms with Gasteiger partial charge in [-0.15, -0.1) is 0 Å². The Morgan fingerprint density at radius 3 is 2.80 bits per heavy atom. The average Bonchev–Trinajstić information content (AvgIpc) is 2.28. The number of nitrogens with zero attached hydrogens (tertiary/aromatic N) is 2. The van der Waals surface area contributed by atoms with E-state index in [1.807, 2.05) is 24.5 Å². The molecule has 4 nitrogen and oxygen atoms in total. The molecule has 2 aromatic rings. The van der Waals surface area contributed by atoms with Gasteiger partial charge >= 0.3 is 0 Å². The molecule has 1 heterocycles. The van der Waals surface area contributed by atoms with Crippen molar-refractivity contribution in [3.05, 3.63) is 18.2 Å². The van der Waals surface area contributed by atoms with Crippen LogP contribution < -0.4 is 10.5 Å². The van der Waals surface area contributed by atoms with Crippen LogP contribution in [0.2, 0.25) is 0 Å². The number of rotatable bonds is 2. The van der Waals surface area contributed by atoms with E-state index < -0.39 is 0 Å². The number of aromatic nitrogens is 2. The first-order valence-corrected chi connectivity index (χ1v) is 5.63. The molecule has 0 aliphatic heterocycles. The fourth-order valence-corrected chi connectivity index (χ4v) is 1.76. The second-order valence-electron chi connectivity index (χ2n) is 2.95. The predicted octanol–water partition coefficient (Wildman–Crippen LogP) is 1.94. The van der Waals surface area contributed by atoms with E-state index in [1.165, 1.54) is 11.8 Å². The third-order valence-corrected chi connectivity index (χ3v) is 2.65. The van der Waals surface area contributed by atoms with E-state index >= 15 is 0 Å². The van der Waals surface area contributed by atoms with Crippen molar-refractivity contribution in [2.75, 3.05) is 19.1 Å². The molecule has 0 radical (unpaired) electrons. The normalized spacial score (nSPS) is 10.5. The molecule has 0 atom stereocenters. The van der Waals surface area contributed by atoms with Gasteiger partial charge in [0, 0.05) is 5.39 Å². The smallest absolute Gasteiger partial charge is 0.189 e. The van der Waals surface area contributed by atoms with Crippen LogP contribution in [-0.2, 0) is 0 Å². The van der Waals surface area contributed by atoms with Gasteiger partial charge in [-0.2, -0.15) is 0 Å². The summed E-state index contributed by atoms with van der Waals surface area (Å²) in [5.41, 5.74) is 6.60. The molecule has 2 rings (SSSR count). The quantitative estimate of drug-likeness (QED) is 0.620. The average molecular weight is 221 g/mol. The lowest BCUT2D eigenvalue weighted by Gasteiger charge is -2.07. The Morgan fingerprint density at radius 2 is 2.13 bits per heavy atom. The largest absolute Gasteiger partial charge is 0.494 e. The lowest BCUT2D eigenvalue weighted by atomic mass is 10.2. The zero-order valence-corrected chi connectivity index (χ0v) is 9.34. The highest BCUT2D eigenvalue weighted by molar-refractivity contribution is 7.98. The summed E-state index contributed by atoms with van der Waals surface area (Å²) in [6.07, 6.45) is 1.91. The van der Waals surface area contributed by atoms with Gasteiger partial charge in [0.15, 0.2) is 5.16 Å². The van der Waals surface area contributed by atoms with Gasteiger partial charge in [-0.25, -0.2) is 9.97 Å². The van der Waals surface area contributed by atoms with Gasteiger partial charge in [-0.05, 0) is 18.4 Å². The number of thioether (sulfide) groups is 1. The Kier molecular flexibility index (Phi) is 2.64. The SMILES string of the molecule is COc1cccc2c(N)nc(SC)nc12. The highest BCUT2D eigenvalue weighted by Crippen LogP contribution is 2.28. The van der Waals surface area contributed by atoms with Gasteiger partial charge in [-0.3, -0.25) is 0 Å². The van der Waals surface area contributed by atoms with Crippen LogP contribution in [0.25, 0.3) is 10.9 Å². The summed E-state index contributed by atoms with van der Waals surface area (Å²) in [6, 6.07) is 5.62. The summed E-state index contributed by atoms with van der Waals surface area (Å²) in [4.78, 5) is 8.54. The van der Waals surface area contributed by atoms with E-state index in [0.29, 0.717) is 11.0 Å². The van der Waals surface area contributed by atoms with Gasteiger partial charge in [0.05, 0.1) is 7.11 Å². The predicted molar refractivity (Wildman–Crippen MR) is 62.3 cm³/mol. The minimum absolute atomic E-state index is 0.489. The van der Waals surface area contributed by atoms with Crippen molar-refractivity contribution in [1.29, 1.82) is 0 Å². The molecule has 0 aliphatic rings. The number of benzene rings is 1. The lowest BCUT2D eigenvalue weighted by Crippen LogP contribution is -1.98. The van der Waals surface area contributed by atoms with E-state index in [1.54, 1.807) is 7.11 Å². The number of nitrogens with two attached hydrogens (primary N) is 1. The van der Waals surface area contributed by atoms with Crippen LogP contribution in [0.3, 0.4) is 0 Å². The number of ether oxygens (including phenoxy) is 1. The molecule has 2 N–H and O–H groups in total. The molecular weight excluding hydrogens is 210 g/mol. The fraction of sp³-hybridized carbons (Fsp3) is 0.200. The highest BCUT2D eigenvalue weighted by atomic mass is 32.2. The maximum atomic E-state index is 5.84. The maximum absolute atomic E-state index is 5.84. The number of para-hydroxylation sites is 1. The van der Waals surface area contributed by atoms with Crippen LogP contribution >= 0.6 is 11.8 Å². The molecule has 1 aromatic heterocycles. The molecule has 78 valence electrons. The Balaban J connectivity index is 2.79. The Bertz CT molecular complexity index is 501. The summed E-state index contributed by atoms with van der Waals surface area (Å²) in [6.45, 7) is 0. The third-order valence-electron chi connectivity index (χ3n) is 2.10. The third kappa shape index (κ3) is 1.70. The van der Waals surface area contributed by atoms with Crippen molar-refractivity contribution in [3.8, 4) is 5.75 Å². The molecule has 1 aromatic carbocycles. The van der Waals surface area contributed by atoms with Crippen molar-refractivity contribution in [3.63, 3.8) is 0 Å². The zero-order chi connectivity index (χ0) is 10.8. The summed E-state index contributed by atoms with van der Waals surface area (Å²) in [5, 5.41) is 1.48. The van der Waals surface area contributed by atoms with Crippen LogP contribution in [0.5, 0.6) is 5.75 Å².